The van der Waals surface area contributed by atoms with E-state index < -0.39 is 17.8 Å². The highest BCUT2D eigenvalue weighted by atomic mass is 16.5. The topological polar surface area (TPSA) is 75.7 Å². The van der Waals surface area contributed by atoms with Gasteiger partial charge in [0.1, 0.15) is 0 Å². The average molecular weight is 380 g/mol. The molecule has 2 aromatic carbocycles. The van der Waals surface area contributed by atoms with Gasteiger partial charge in [0.2, 0.25) is 5.91 Å². The molecule has 0 aliphatic carbocycles. The van der Waals surface area contributed by atoms with E-state index in [1.165, 1.54) is 0 Å². The highest BCUT2D eigenvalue weighted by Gasteiger charge is 2.38. The van der Waals surface area contributed by atoms with Gasteiger partial charge < -0.3 is 15.0 Å². The summed E-state index contributed by atoms with van der Waals surface area (Å²) in [6.07, 6.45) is 0.107. The summed E-state index contributed by atoms with van der Waals surface area (Å²) in [7, 11) is 0. The first-order chi connectivity index (χ1) is 13.4. The number of nitrogens with zero attached hydrogens (tertiary/aromatic N) is 1. The van der Waals surface area contributed by atoms with Crippen molar-refractivity contribution in [2.75, 3.05) is 18.5 Å². The molecule has 1 fully saturated rings. The third-order valence-corrected chi connectivity index (χ3v) is 4.89. The maximum Gasteiger partial charge on any atom is 0.311 e. The van der Waals surface area contributed by atoms with Crippen molar-refractivity contribution in [2.24, 2.45) is 5.92 Å². The Balaban J connectivity index is 1.51. The molecule has 2 atom stereocenters. The number of carbonyl (C=O) groups excluding carboxylic acids is 3. The number of carbonyl (C=O) groups is 3. The molecule has 0 radical (unpaired) electrons. The Kier molecular flexibility index (Phi) is 6.09. The van der Waals surface area contributed by atoms with Gasteiger partial charge in [-0.15, -0.1) is 0 Å². The highest BCUT2D eigenvalue weighted by molar-refractivity contribution is 5.93. The second kappa shape index (κ2) is 8.69. The molecule has 0 saturated carbocycles. The maximum atomic E-state index is 12.4. The molecule has 3 rings (SSSR count). The molecule has 1 aliphatic rings. The van der Waals surface area contributed by atoms with Crippen LogP contribution in [0, 0.1) is 12.8 Å². The number of hydrogen-bond donors (Lipinski definition) is 1. The van der Waals surface area contributed by atoms with Crippen LogP contribution in [0.1, 0.15) is 30.5 Å². The number of rotatable bonds is 6. The van der Waals surface area contributed by atoms with E-state index >= 15 is 0 Å². The number of likely N-dealkylation sites (tertiary alicyclic amines) is 1. The van der Waals surface area contributed by atoms with E-state index in [2.05, 4.69) is 5.32 Å². The first kappa shape index (κ1) is 19.6. The van der Waals surface area contributed by atoms with E-state index in [1.54, 1.807) is 11.0 Å². The van der Waals surface area contributed by atoms with Crippen LogP contribution in [-0.2, 0) is 19.1 Å². The highest BCUT2D eigenvalue weighted by Crippen LogP contribution is 2.29. The Hall–Kier alpha value is -3.15. The molecule has 6 heteroatoms. The van der Waals surface area contributed by atoms with Crippen LogP contribution in [0.3, 0.4) is 0 Å². The Morgan fingerprint density at radius 1 is 1.18 bits per heavy atom. The molecular weight excluding hydrogens is 356 g/mol. The summed E-state index contributed by atoms with van der Waals surface area (Å²) >= 11 is 0. The van der Waals surface area contributed by atoms with Crippen LogP contribution in [0.4, 0.5) is 5.69 Å². The van der Waals surface area contributed by atoms with Gasteiger partial charge >= 0.3 is 5.97 Å². The Labute approximate surface area is 164 Å². The van der Waals surface area contributed by atoms with E-state index in [0.29, 0.717) is 12.2 Å². The number of aryl methyl sites for hydroxylation is 1. The van der Waals surface area contributed by atoms with Crippen LogP contribution in [0.2, 0.25) is 0 Å². The molecule has 1 heterocycles. The van der Waals surface area contributed by atoms with Gasteiger partial charge in [-0.3, -0.25) is 14.4 Å². The van der Waals surface area contributed by atoms with Gasteiger partial charge in [0, 0.05) is 18.7 Å². The van der Waals surface area contributed by atoms with Crippen LogP contribution in [0.15, 0.2) is 54.6 Å². The first-order valence-electron chi connectivity index (χ1n) is 9.31. The van der Waals surface area contributed by atoms with E-state index in [4.69, 9.17) is 4.74 Å². The predicted octanol–water partition coefficient (Wildman–Crippen LogP) is 3.09. The summed E-state index contributed by atoms with van der Waals surface area (Å²) in [5, 5.41) is 2.69. The van der Waals surface area contributed by atoms with Gasteiger partial charge in [0.15, 0.2) is 6.61 Å². The fourth-order valence-electron chi connectivity index (χ4n) is 3.35. The lowest BCUT2D eigenvalue weighted by Crippen LogP contribution is -2.30. The van der Waals surface area contributed by atoms with Crippen LogP contribution < -0.4 is 5.32 Å². The Morgan fingerprint density at radius 3 is 2.64 bits per heavy atom. The summed E-state index contributed by atoms with van der Waals surface area (Å²) in [5.74, 6) is -1.55. The van der Waals surface area contributed by atoms with Crippen LogP contribution in [0.25, 0.3) is 0 Å². The van der Waals surface area contributed by atoms with Crippen molar-refractivity contribution in [1.82, 2.24) is 4.90 Å². The maximum absolute atomic E-state index is 12.4. The number of nitrogens with one attached hydrogen (secondary N) is 1. The third kappa shape index (κ3) is 4.76. The van der Waals surface area contributed by atoms with Crippen molar-refractivity contribution < 1.29 is 19.1 Å². The fraction of sp³-hybridized carbons (Fsp3) is 0.318. The molecule has 2 amide bonds. The first-order valence-corrected chi connectivity index (χ1v) is 9.31. The molecule has 146 valence electrons. The minimum Gasteiger partial charge on any atom is -0.455 e. The number of hydrogen-bond acceptors (Lipinski definition) is 4. The molecule has 0 bridgehead atoms. The minimum absolute atomic E-state index is 0.0810. The molecule has 1 aliphatic heterocycles. The molecule has 1 saturated heterocycles. The van der Waals surface area contributed by atoms with Crippen LogP contribution in [-0.4, -0.2) is 35.8 Å². The van der Waals surface area contributed by atoms with Crippen LogP contribution in [0.5, 0.6) is 0 Å². The molecule has 1 N–H and O–H groups in total. The minimum atomic E-state index is -0.551. The zero-order valence-corrected chi connectivity index (χ0v) is 16.1. The molecule has 0 spiro atoms. The molecular formula is C22H24N2O4. The lowest BCUT2D eigenvalue weighted by atomic mass is 10.1. The van der Waals surface area contributed by atoms with Gasteiger partial charge in [-0.25, -0.2) is 0 Å². The largest absolute Gasteiger partial charge is 0.455 e. The van der Waals surface area contributed by atoms with Crippen molar-refractivity contribution in [3.8, 4) is 0 Å². The quantitative estimate of drug-likeness (QED) is 0.782. The molecule has 0 aromatic heterocycles. The normalized spacial score (nSPS) is 17.3. The molecule has 28 heavy (non-hydrogen) atoms. The standard InChI is InChI=1S/C22H24N2O4/c1-15-7-6-10-19(11-15)23-20(25)14-28-22(27)18-12-21(26)24(13-18)16(2)17-8-4-3-5-9-17/h3-11,16,18H,12-14H2,1-2H3,(H,23,25)/t16-,18-/m1/s1. The van der Waals surface area contributed by atoms with E-state index in [-0.39, 0.29) is 25.0 Å². The van der Waals surface area contributed by atoms with E-state index in [9.17, 15) is 14.4 Å². The van der Waals surface area contributed by atoms with Gasteiger partial charge in [-0.1, -0.05) is 42.5 Å². The Morgan fingerprint density at radius 2 is 1.93 bits per heavy atom. The third-order valence-electron chi connectivity index (χ3n) is 4.89. The van der Waals surface area contributed by atoms with Gasteiger partial charge in [-0.05, 0) is 37.1 Å². The average Bonchev–Trinajstić information content (AvgIpc) is 3.08. The molecule has 6 nitrogen and oxygen atoms in total. The number of amides is 2. The van der Waals surface area contributed by atoms with Crippen molar-refractivity contribution in [1.29, 1.82) is 0 Å². The van der Waals surface area contributed by atoms with Crippen LogP contribution >= 0.6 is 0 Å². The smallest absolute Gasteiger partial charge is 0.311 e. The number of ether oxygens (including phenoxy) is 1. The summed E-state index contributed by atoms with van der Waals surface area (Å²) in [4.78, 5) is 38.4. The van der Waals surface area contributed by atoms with Gasteiger partial charge in [0.25, 0.3) is 5.91 Å². The van der Waals surface area contributed by atoms with Crippen molar-refractivity contribution in [3.63, 3.8) is 0 Å². The second-order valence-corrected chi connectivity index (χ2v) is 7.06. The van der Waals surface area contributed by atoms with E-state index in [0.717, 1.165) is 11.1 Å². The summed E-state index contributed by atoms with van der Waals surface area (Å²) in [6, 6.07) is 16.9. The van der Waals surface area contributed by atoms with Crippen molar-refractivity contribution >= 4 is 23.5 Å². The van der Waals surface area contributed by atoms with E-state index in [1.807, 2.05) is 62.4 Å². The zero-order valence-electron chi connectivity index (χ0n) is 16.1. The summed E-state index contributed by atoms with van der Waals surface area (Å²) in [5.41, 5.74) is 2.69. The number of anilines is 1. The predicted molar refractivity (Wildman–Crippen MR) is 105 cm³/mol. The lowest BCUT2D eigenvalue weighted by Gasteiger charge is -2.25. The number of benzene rings is 2. The lowest BCUT2D eigenvalue weighted by molar-refractivity contribution is -0.151. The van der Waals surface area contributed by atoms with Crippen molar-refractivity contribution in [3.05, 3.63) is 65.7 Å². The van der Waals surface area contributed by atoms with Gasteiger partial charge in [-0.2, -0.15) is 0 Å². The molecule has 0 unspecified atom stereocenters. The monoisotopic (exact) mass is 380 g/mol. The molecule has 2 aromatic rings. The van der Waals surface area contributed by atoms with Gasteiger partial charge in [0.05, 0.1) is 12.0 Å². The second-order valence-electron chi connectivity index (χ2n) is 7.06. The zero-order chi connectivity index (χ0) is 20.1. The summed E-state index contributed by atoms with van der Waals surface area (Å²) < 4.78 is 5.14. The number of esters is 1. The SMILES string of the molecule is Cc1cccc(NC(=O)COC(=O)[C@@H]2CC(=O)N([C@H](C)c3ccccc3)C2)c1. The fourth-order valence-corrected chi connectivity index (χ4v) is 3.35. The Bertz CT molecular complexity index is 866. The summed E-state index contributed by atoms with van der Waals surface area (Å²) in [6.45, 7) is 3.80. The van der Waals surface area contributed by atoms with Crippen molar-refractivity contribution in [2.45, 2.75) is 26.3 Å².